The average Bonchev–Trinajstić information content (AvgIpc) is 2.75. The maximum atomic E-state index is 9.67. The number of aliphatic hydroxyl groups excluding tert-OH is 1. The zero-order valence-electron chi connectivity index (χ0n) is 11.9. The highest BCUT2D eigenvalue weighted by Gasteiger charge is 2.34. The zero-order chi connectivity index (χ0) is 12.7. The first kappa shape index (κ1) is 14.9. The van der Waals surface area contributed by atoms with Crippen molar-refractivity contribution in [2.24, 2.45) is 5.41 Å². The van der Waals surface area contributed by atoms with Gasteiger partial charge in [0, 0.05) is 31.7 Å². The van der Waals surface area contributed by atoms with Crippen molar-refractivity contribution in [3.8, 4) is 0 Å². The molecule has 3 heteroatoms. The summed E-state index contributed by atoms with van der Waals surface area (Å²) in [5.74, 6) is 0. The van der Waals surface area contributed by atoms with Crippen LogP contribution in [-0.4, -0.2) is 61.8 Å². The third-order valence-corrected chi connectivity index (χ3v) is 3.96. The van der Waals surface area contributed by atoms with Crippen molar-refractivity contribution >= 4 is 0 Å². The van der Waals surface area contributed by atoms with E-state index in [2.05, 4.69) is 30.8 Å². The summed E-state index contributed by atoms with van der Waals surface area (Å²) in [5, 5.41) is 9.67. The van der Waals surface area contributed by atoms with Crippen LogP contribution in [0.25, 0.3) is 0 Å². The summed E-state index contributed by atoms with van der Waals surface area (Å²) in [6.45, 7) is 7.10. The molecule has 0 aliphatic heterocycles. The van der Waals surface area contributed by atoms with Gasteiger partial charge in [-0.05, 0) is 39.9 Å². The molecule has 0 aromatic carbocycles. The molecular weight excluding hydrogens is 212 g/mol. The first-order chi connectivity index (χ1) is 8.12. The predicted octanol–water partition coefficient (Wildman–Crippen LogP) is 1.81. The molecule has 1 aliphatic carbocycles. The van der Waals surface area contributed by atoms with Crippen molar-refractivity contribution in [2.45, 2.75) is 39.0 Å². The van der Waals surface area contributed by atoms with Crippen molar-refractivity contribution in [1.29, 1.82) is 0 Å². The lowest BCUT2D eigenvalue weighted by Crippen LogP contribution is -2.41. The Morgan fingerprint density at radius 1 is 1.06 bits per heavy atom. The highest BCUT2D eigenvalue weighted by molar-refractivity contribution is 4.87. The molecule has 17 heavy (non-hydrogen) atoms. The summed E-state index contributed by atoms with van der Waals surface area (Å²) in [6, 6.07) is 0. The van der Waals surface area contributed by atoms with E-state index in [1.54, 1.807) is 0 Å². The second kappa shape index (κ2) is 7.34. The van der Waals surface area contributed by atoms with Gasteiger partial charge in [0.05, 0.1) is 0 Å². The van der Waals surface area contributed by atoms with E-state index in [0.717, 1.165) is 26.2 Å². The SMILES string of the molecule is CCCN(CCN(C)C)CC1(CO)CCCC1. The van der Waals surface area contributed by atoms with Crippen LogP contribution in [0.4, 0.5) is 0 Å². The van der Waals surface area contributed by atoms with E-state index in [-0.39, 0.29) is 5.41 Å². The number of rotatable bonds is 8. The Bertz CT molecular complexity index is 200. The minimum atomic E-state index is 0.210. The Labute approximate surface area is 107 Å². The van der Waals surface area contributed by atoms with Gasteiger partial charge in [0.2, 0.25) is 0 Å². The standard InChI is InChI=1S/C14H30N2O/c1-4-9-16(11-10-15(2)3)12-14(13-17)7-5-6-8-14/h17H,4-13H2,1-3H3. The fraction of sp³-hybridized carbons (Fsp3) is 1.00. The molecule has 3 nitrogen and oxygen atoms in total. The first-order valence-electron chi connectivity index (χ1n) is 7.10. The molecule has 0 aromatic heterocycles. The van der Waals surface area contributed by atoms with Gasteiger partial charge in [0.1, 0.15) is 0 Å². The molecule has 0 bridgehead atoms. The highest BCUT2D eigenvalue weighted by atomic mass is 16.3. The van der Waals surface area contributed by atoms with Crippen molar-refractivity contribution in [2.75, 3.05) is 46.9 Å². The van der Waals surface area contributed by atoms with Gasteiger partial charge in [-0.25, -0.2) is 0 Å². The van der Waals surface area contributed by atoms with Gasteiger partial charge in [-0.15, -0.1) is 0 Å². The van der Waals surface area contributed by atoms with Gasteiger partial charge in [0.25, 0.3) is 0 Å². The topological polar surface area (TPSA) is 26.7 Å². The molecule has 1 N–H and O–H groups in total. The van der Waals surface area contributed by atoms with E-state index >= 15 is 0 Å². The van der Waals surface area contributed by atoms with Gasteiger partial charge in [-0.2, -0.15) is 0 Å². The van der Waals surface area contributed by atoms with Crippen molar-refractivity contribution in [3.63, 3.8) is 0 Å². The molecule has 0 heterocycles. The van der Waals surface area contributed by atoms with Gasteiger partial charge in [-0.3, -0.25) is 0 Å². The molecule has 1 rings (SSSR count). The summed E-state index contributed by atoms with van der Waals surface area (Å²) >= 11 is 0. The number of aliphatic hydroxyl groups is 1. The molecule has 0 radical (unpaired) electrons. The van der Waals surface area contributed by atoms with Crippen LogP contribution in [0.2, 0.25) is 0 Å². The lowest BCUT2D eigenvalue weighted by atomic mass is 9.86. The molecule has 0 saturated heterocycles. The molecule has 1 fully saturated rings. The van der Waals surface area contributed by atoms with Crippen LogP contribution in [0, 0.1) is 5.41 Å². The second-order valence-electron chi connectivity index (χ2n) is 5.94. The Morgan fingerprint density at radius 2 is 1.71 bits per heavy atom. The van der Waals surface area contributed by atoms with Crippen LogP contribution < -0.4 is 0 Å². The summed E-state index contributed by atoms with van der Waals surface area (Å²) in [7, 11) is 4.25. The van der Waals surface area contributed by atoms with Crippen LogP contribution in [0.5, 0.6) is 0 Å². The number of hydrogen-bond donors (Lipinski definition) is 1. The maximum absolute atomic E-state index is 9.67. The Balaban J connectivity index is 2.46. The van der Waals surface area contributed by atoms with Gasteiger partial charge >= 0.3 is 0 Å². The van der Waals surface area contributed by atoms with Crippen molar-refractivity contribution < 1.29 is 5.11 Å². The zero-order valence-corrected chi connectivity index (χ0v) is 11.9. The summed E-state index contributed by atoms with van der Waals surface area (Å²) < 4.78 is 0. The number of hydrogen-bond acceptors (Lipinski definition) is 3. The van der Waals surface area contributed by atoms with E-state index in [9.17, 15) is 5.11 Å². The summed E-state index contributed by atoms with van der Waals surface area (Å²) in [4.78, 5) is 4.78. The van der Waals surface area contributed by atoms with Crippen molar-refractivity contribution in [1.82, 2.24) is 9.80 Å². The van der Waals surface area contributed by atoms with E-state index in [1.807, 2.05) is 0 Å². The first-order valence-corrected chi connectivity index (χ1v) is 7.10. The van der Waals surface area contributed by atoms with Crippen LogP contribution in [-0.2, 0) is 0 Å². The molecular formula is C14H30N2O. The Hall–Kier alpha value is -0.120. The monoisotopic (exact) mass is 242 g/mol. The Morgan fingerprint density at radius 3 is 2.18 bits per heavy atom. The van der Waals surface area contributed by atoms with E-state index in [1.165, 1.54) is 32.1 Å². The summed E-state index contributed by atoms with van der Waals surface area (Å²) in [6.07, 6.45) is 6.23. The summed E-state index contributed by atoms with van der Waals surface area (Å²) in [5.41, 5.74) is 0.210. The molecule has 0 unspecified atom stereocenters. The fourth-order valence-corrected chi connectivity index (χ4v) is 2.89. The highest BCUT2D eigenvalue weighted by Crippen LogP contribution is 2.38. The van der Waals surface area contributed by atoms with Crippen LogP contribution >= 0.6 is 0 Å². The van der Waals surface area contributed by atoms with E-state index in [0.29, 0.717) is 6.61 Å². The van der Waals surface area contributed by atoms with Gasteiger partial charge in [-0.1, -0.05) is 19.8 Å². The van der Waals surface area contributed by atoms with Crippen LogP contribution in [0.1, 0.15) is 39.0 Å². The van der Waals surface area contributed by atoms with Crippen molar-refractivity contribution in [3.05, 3.63) is 0 Å². The number of nitrogens with zero attached hydrogens (tertiary/aromatic N) is 2. The lowest BCUT2D eigenvalue weighted by molar-refractivity contribution is 0.0752. The lowest BCUT2D eigenvalue weighted by Gasteiger charge is -2.34. The van der Waals surface area contributed by atoms with Crippen LogP contribution in [0.3, 0.4) is 0 Å². The third kappa shape index (κ3) is 4.94. The molecule has 1 saturated carbocycles. The molecule has 1 aliphatic rings. The maximum Gasteiger partial charge on any atom is 0.0499 e. The quantitative estimate of drug-likeness (QED) is 0.703. The minimum Gasteiger partial charge on any atom is -0.396 e. The van der Waals surface area contributed by atoms with E-state index in [4.69, 9.17) is 0 Å². The number of likely N-dealkylation sites (N-methyl/N-ethyl adjacent to an activating group) is 1. The molecule has 0 amide bonds. The smallest absolute Gasteiger partial charge is 0.0499 e. The molecule has 0 aromatic rings. The third-order valence-electron chi connectivity index (χ3n) is 3.96. The Kier molecular flexibility index (Phi) is 6.45. The molecule has 0 atom stereocenters. The largest absolute Gasteiger partial charge is 0.396 e. The molecule has 0 spiro atoms. The van der Waals surface area contributed by atoms with Gasteiger partial charge < -0.3 is 14.9 Å². The van der Waals surface area contributed by atoms with E-state index < -0.39 is 0 Å². The average molecular weight is 242 g/mol. The normalized spacial score (nSPS) is 19.4. The van der Waals surface area contributed by atoms with Gasteiger partial charge in [0.15, 0.2) is 0 Å². The van der Waals surface area contributed by atoms with Crippen LogP contribution in [0.15, 0.2) is 0 Å². The predicted molar refractivity (Wildman–Crippen MR) is 73.3 cm³/mol. The molecule has 102 valence electrons. The minimum absolute atomic E-state index is 0.210. The second-order valence-corrected chi connectivity index (χ2v) is 5.94. The fourth-order valence-electron chi connectivity index (χ4n) is 2.89.